The minimum Gasteiger partial charge on any atom is -0.373 e. The summed E-state index contributed by atoms with van der Waals surface area (Å²) in [6, 6.07) is 44.0. The van der Waals surface area contributed by atoms with E-state index in [0.717, 1.165) is 13.0 Å². The standard InChI is InChI=1S/C29H28OP2/c1-5-13-25(14-6-1)31(26-15-7-2-8-16-26)23-24-21-29(30-22-24)32(27-17-9-3-10-18-27)28-19-11-4-12-20-28/h1-20,24,29H,21-23H2. The summed E-state index contributed by atoms with van der Waals surface area (Å²) in [5, 5.41) is 5.75. The summed E-state index contributed by atoms with van der Waals surface area (Å²) in [5.74, 6) is 0.868. The molecule has 0 saturated carbocycles. The monoisotopic (exact) mass is 454 g/mol. The zero-order valence-electron chi connectivity index (χ0n) is 18.1. The maximum Gasteiger partial charge on any atom is 0.0852 e. The first kappa shape index (κ1) is 21.5. The Morgan fingerprint density at radius 3 is 1.41 bits per heavy atom. The fraction of sp³-hybridized carbons (Fsp3) is 0.172. The number of benzene rings is 4. The van der Waals surface area contributed by atoms with Crippen molar-refractivity contribution in [2.75, 3.05) is 12.8 Å². The van der Waals surface area contributed by atoms with Crippen LogP contribution in [-0.2, 0) is 4.74 Å². The van der Waals surface area contributed by atoms with Gasteiger partial charge in [0.25, 0.3) is 0 Å². The summed E-state index contributed by atoms with van der Waals surface area (Å²) >= 11 is 0. The molecule has 1 saturated heterocycles. The lowest BCUT2D eigenvalue weighted by molar-refractivity contribution is 0.164. The van der Waals surface area contributed by atoms with E-state index < -0.39 is 7.92 Å². The van der Waals surface area contributed by atoms with Crippen LogP contribution in [0.2, 0.25) is 0 Å². The van der Waals surface area contributed by atoms with Crippen LogP contribution in [0.5, 0.6) is 0 Å². The van der Waals surface area contributed by atoms with E-state index in [2.05, 4.69) is 121 Å². The summed E-state index contributed by atoms with van der Waals surface area (Å²) in [6.45, 7) is 0.863. The van der Waals surface area contributed by atoms with Crippen molar-refractivity contribution >= 4 is 37.1 Å². The van der Waals surface area contributed by atoms with Gasteiger partial charge in [-0.1, -0.05) is 121 Å². The van der Waals surface area contributed by atoms with Gasteiger partial charge in [-0.3, -0.25) is 0 Å². The smallest absolute Gasteiger partial charge is 0.0852 e. The highest BCUT2D eigenvalue weighted by Crippen LogP contribution is 2.48. The van der Waals surface area contributed by atoms with Crippen LogP contribution < -0.4 is 21.2 Å². The van der Waals surface area contributed by atoms with Gasteiger partial charge < -0.3 is 4.74 Å². The van der Waals surface area contributed by atoms with E-state index >= 15 is 0 Å². The molecule has 3 heteroatoms. The van der Waals surface area contributed by atoms with Crippen molar-refractivity contribution in [3.05, 3.63) is 121 Å². The third-order valence-electron chi connectivity index (χ3n) is 5.99. The van der Waals surface area contributed by atoms with Gasteiger partial charge in [0, 0.05) is 0 Å². The second-order valence-corrected chi connectivity index (χ2v) is 12.8. The van der Waals surface area contributed by atoms with Gasteiger partial charge in [-0.15, -0.1) is 0 Å². The van der Waals surface area contributed by atoms with E-state index in [1.54, 1.807) is 0 Å². The van der Waals surface area contributed by atoms with E-state index in [-0.39, 0.29) is 13.8 Å². The molecule has 1 heterocycles. The maximum absolute atomic E-state index is 6.55. The lowest BCUT2D eigenvalue weighted by Gasteiger charge is -2.25. The minimum atomic E-state index is -0.527. The fourth-order valence-electron chi connectivity index (χ4n) is 4.47. The molecule has 0 amide bonds. The van der Waals surface area contributed by atoms with Crippen molar-refractivity contribution in [3.8, 4) is 0 Å². The van der Waals surface area contributed by atoms with Gasteiger partial charge in [0.15, 0.2) is 0 Å². The van der Waals surface area contributed by atoms with Crippen LogP contribution in [0.25, 0.3) is 0 Å². The zero-order chi connectivity index (χ0) is 21.6. The van der Waals surface area contributed by atoms with Crippen molar-refractivity contribution < 1.29 is 4.74 Å². The number of hydrogen-bond donors (Lipinski definition) is 0. The van der Waals surface area contributed by atoms with E-state index in [9.17, 15) is 0 Å². The van der Waals surface area contributed by atoms with Crippen LogP contribution in [0.1, 0.15) is 6.42 Å². The minimum absolute atomic E-state index is 0.281. The molecule has 1 nitrogen and oxygen atoms in total. The Labute approximate surface area is 194 Å². The van der Waals surface area contributed by atoms with Crippen LogP contribution in [0.4, 0.5) is 0 Å². The maximum atomic E-state index is 6.55. The molecule has 5 rings (SSSR count). The quantitative estimate of drug-likeness (QED) is 0.330. The zero-order valence-corrected chi connectivity index (χ0v) is 19.9. The van der Waals surface area contributed by atoms with Crippen molar-refractivity contribution in [3.63, 3.8) is 0 Å². The highest BCUT2D eigenvalue weighted by molar-refractivity contribution is 7.73. The Bertz CT molecular complexity index is 1010. The lowest BCUT2D eigenvalue weighted by atomic mass is 10.2. The number of ether oxygens (including phenoxy) is 1. The molecule has 2 atom stereocenters. The topological polar surface area (TPSA) is 9.23 Å². The van der Waals surface area contributed by atoms with E-state index in [4.69, 9.17) is 4.74 Å². The summed E-state index contributed by atoms with van der Waals surface area (Å²) in [7, 11) is -0.909. The van der Waals surface area contributed by atoms with Gasteiger partial charge in [-0.05, 0) is 55.6 Å². The van der Waals surface area contributed by atoms with Gasteiger partial charge >= 0.3 is 0 Å². The van der Waals surface area contributed by atoms with Gasteiger partial charge in [-0.2, -0.15) is 0 Å². The highest BCUT2D eigenvalue weighted by Gasteiger charge is 2.35. The second kappa shape index (κ2) is 10.5. The van der Waals surface area contributed by atoms with Crippen molar-refractivity contribution in [1.29, 1.82) is 0 Å². The molecular formula is C29H28OP2. The van der Waals surface area contributed by atoms with Crippen molar-refractivity contribution in [2.24, 2.45) is 5.92 Å². The molecule has 4 aromatic carbocycles. The predicted molar refractivity (Wildman–Crippen MR) is 141 cm³/mol. The predicted octanol–water partition coefficient (Wildman–Crippen LogP) is 5.61. The molecule has 0 N–H and O–H groups in total. The third-order valence-corrected chi connectivity index (χ3v) is 11.4. The molecule has 0 spiro atoms. The molecule has 1 fully saturated rings. The molecule has 1 aliphatic heterocycles. The summed E-state index contributed by atoms with van der Waals surface area (Å²) in [4.78, 5) is 0. The first-order chi connectivity index (χ1) is 15.9. The molecule has 160 valence electrons. The first-order valence-corrected chi connectivity index (χ1v) is 14.2. The van der Waals surface area contributed by atoms with Gasteiger partial charge in [0.1, 0.15) is 0 Å². The fourth-order valence-corrected chi connectivity index (χ4v) is 9.72. The Morgan fingerprint density at radius 2 is 0.969 bits per heavy atom. The molecule has 32 heavy (non-hydrogen) atoms. The largest absolute Gasteiger partial charge is 0.373 e. The molecule has 4 aromatic rings. The highest BCUT2D eigenvalue weighted by atomic mass is 31.1. The number of hydrogen-bond acceptors (Lipinski definition) is 1. The van der Waals surface area contributed by atoms with Crippen molar-refractivity contribution in [1.82, 2.24) is 0 Å². The Morgan fingerprint density at radius 1 is 0.562 bits per heavy atom. The molecule has 2 unspecified atom stereocenters. The molecular weight excluding hydrogens is 426 g/mol. The Hall–Kier alpha value is -2.30. The molecule has 0 radical (unpaired) electrons. The molecule has 0 aromatic heterocycles. The van der Waals surface area contributed by atoms with Crippen LogP contribution in [0.3, 0.4) is 0 Å². The van der Waals surface area contributed by atoms with E-state index in [0.29, 0.717) is 5.92 Å². The average Bonchev–Trinajstić information content (AvgIpc) is 3.33. The van der Waals surface area contributed by atoms with Gasteiger partial charge in [-0.25, -0.2) is 0 Å². The Kier molecular flexibility index (Phi) is 7.10. The average molecular weight is 454 g/mol. The lowest BCUT2D eigenvalue weighted by Crippen LogP contribution is -2.21. The van der Waals surface area contributed by atoms with Crippen LogP contribution in [-0.4, -0.2) is 18.6 Å². The molecule has 0 bridgehead atoms. The van der Waals surface area contributed by atoms with Crippen LogP contribution in [0, 0.1) is 5.92 Å². The van der Waals surface area contributed by atoms with Gasteiger partial charge in [0.05, 0.1) is 12.5 Å². The normalized spacial score (nSPS) is 18.3. The SMILES string of the molecule is c1ccc(P(CC2COC(P(c3ccccc3)c3ccccc3)C2)c2ccccc2)cc1. The van der Waals surface area contributed by atoms with Crippen LogP contribution >= 0.6 is 15.8 Å². The van der Waals surface area contributed by atoms with Crippen molar-refractivity contribution in [2.45, 2.75) is 12.3 Å². The third kappa shape index (κ3) is 5.02. The van der Waals surface area contributed by atoms with E-state index in [1.165, 1.54) is 27.4 Å². The van der Waals surface area contributed by atoms with Gasteiger partial charge in [0.2, 0.25) is 0 Å². The van der Waals surface area contributed by atoms with Crippen LogP contribution in [0.15, 0.2) is 121 Å². The molecule has 0 aliphatic carbocycles. The number of rotatable bonds is 7. The van der Waals surface area contributed by atoms with E-state index in [1.807, 2.05) is 0 Å². The summed E-state index contributed by atoms with van der Waals surface area (Å²) < 4.78 is 6.55. The first-order valence-electron chi connectivity index (χ1n) is 11.3. The summed E-state index contributed by atoms with van der Waals surface area (Å²) in [6.07, 6.45) is 2.32. The second-order valence-electron chi connectivity index (χ2n) is 8.21. The molecule has 1 aliphatic rings. The Balaban J connectivity index is 1.38. The summed E-state index contributed by atoms with van der Waals surface area (Å²) in [5.41, 5.74) is 0.